The zero-order valence-electron chi connectivity index (χ0n) is 18.2. The van der Waals surface area contributed by atoms with E-state index in [4.69, 9.17) is 4.98 Å². The Bertz CT molecular complexity index is 1870. The number of benzene rings is 4. The first-order chi connectivity index (χ1) is 15.4. The lowest BCUT2D eigenvalue weighted by molar-refractivity contribution is 0.600. The SMILES string of the molecule is CC(C)(C)c1c2ccccc2cc2c3nccc4ccc5c6cc(I)ccc6n(c12)c5c43. The molecule has 0 saturated carbocycles. The van der Waals surface area contributed by atoms with Crippen molar-refractivity contribution in [2.24, 2.45) is 0 Å². The molecule has 0 aliphatic carbocycles. The largest absolute Gasteiger partial charge is 0.308 e. The maximum atomic E-state index is 4.96. The molecule has 0 radical (unpaired) electrons. The van der Waals surface area contributed by atoms with Crippen molar-refractivity contribution < 1.29 is 0 Å². The Kier molecular flexibility index (Phi) is 3.55. The van der Waals surface area contributed by atoms with Gasteiger partial charge >= 0.3 is 0 Å². The van der Waals surface area contributed by atoms with Crippen LogP contribution in [0.5, 0.6) is 0 Å². The topological polar surface area (TPSA) is 17.3 Å². The van der Waals surface area contributed by atoms with Gasteiger partial charge in [-0.05, 0) is 80.1 Å². The molecule has 7 rings (SSSR count). The van der Waals surface area contributed by atoms with Crippen LogP contribution in [0.3, 0.4) is 0 Å². The van der Waals surface area contributed by atoms with Crippen molar-refractivity contribution >= 4 is 82.4 Å². The molecule has 0 N–H and O–H groups in total. The van der Waals surface area contributed by atoms with E-state index in [1.54, 1.807) is 0 Å². The molecule has 0 atom stereocenters. The number of halogens is 1. The summed E-state index contributed by atoms with van der Waals surface area (Å²) in [6.07, 6.45) is 1.96. The summed E-state index contributed by atoms with van der Waals surface area (Å²) in [5.74, 6) is 0. The molecule has 7 aromatic rings. The van der Waals surface area contributed by atoms with E-state index < -0.39 is 0 Å². The Labute approximate surface area is 199 Å². The fourth-order valence-corrected chi connectivity index (χ4v) is 6.18. The van der Waals surface area contributed by atoms with E-state index in [0.29, 0.717) is 0 Å². The highest BCUT2D eigenvalue weighted by Crippen LogP contribution is 2.45. The van der Waals surface area contributed by atoms with Crippen LogP contribution in [0.15, 0.2) is 72.9 Å². The summed E-state index contributed by atoms with van der Waals surface area (Å²) in [5, 5.41) is 8.96. The Morgan fingerprint density at radius 1 is 0.750 bits per heavy atom. The zero-order valence-corrected chi connectivity index (χ0v) is 20.4. The normalized spacial score (nSPS) is 13.0. The predicted octanol–water partition coefficient (Wildman–Crippen LogP) is 8.44. The summed E-state index contributed by atoms with van der Waals surface area (Å²) in [7, 11) is 0. The lowest BCUT2D eigenvalue weighted by Crippen LogP contribution is -2.14. The second kappa shape index (κ2) is 6.10. The lowest BCUT2D eigenvalue weighted by atomic mass is 9.81. The van der Waals surface area contributed by atoms with Crippen LogP contribution < -0.4 is 0 Å². The standard InChI is InChI=1S/C29H21IN2/c1-29(2,3)25-19-7-5-4-6-17(19)14-22-26-24-16(12-13-31-26)8-10-20-21-15-18(30)9-11-23(21)32(27(20)24)28(22)25/h4-15H,1-3H3. The molecule has 0 unspecified atom stereocenters. The molecule has 4 aromatic carbocycles. The van der Waals surface area contributed by atoms with Crippen molar-refractivity contribution in [3.8, 4) is 0 Å². The van der Waals surface area contributed by atoms with Gasteiger partial charge in [0.1, 0.15) is 0 Å². The highest BCUT2D eigenvalue weighted by atomic mass is 127. The molecule has 2 nitrogen and oxygen atoms in total. The smallest absolute Gasteiger partial charge is 0.0823 e. The van der Waals surface area contributed by atoms with E-state index in [9.17, 15) is 0 Å². The summed E-state index contributed by atoms with van der Waals surface area (Å²) < 4.78 is 3.79. The molecule has 0 spiro atoms. The summed E-state index contributed by atoms with van der Waals surface area (Å²) in [5.41, 5.74) is 6.30. The van der Waals surface area contributed by atoms with E-state index in [0.717, 1.165) is 5.52 Å². The third kappa shape index (κ3) is 2.27. The lowest BCUT2D eigenvalue weighted by Gasteiger charge is -2.26. The monoisotopic (exact) mass is 524 g/mol. The quantitative estimate of drug-likeness (QED) is 0.111. The van der Waals surface area contributed by atoms with E-state index in [1.807, 2.05) is 6.20 Å². The van der Waals surface area contributed by atoms with Gasteiger partial charge in [-0.25, -0.2) is 0 Å². The summed E-state index contributed by atoms with van der Waals surface area (Å²) in [6.45, 7) is 6.99. The third-order valence-electron chi connectivity index (χ3n) is 6.87. The van der Waals surface area contributed by atoms with Gasteiger partial charge in [0, 0.05) is 31.3 Å². The van der Waals surface area contributed by atoms with Crippen molar-refractivity contribution in [3.05, 3.63) is 82.1 Å². The first kappa shape index (κ1) is 18.6. The van der Waals surface area contributed by atoms with Crippen LogP contribution in [0.4, 0.5) is 0 Å². The van der Waals surface area contributed by atoms with Crippen LogP contribution in [0.2, 0.25) is 0 Å². The van der Waals surface area contributed by atoms with Gasteiger partial charge in [-0.3, -0.25) is 4.98 Å². The minimum absolute atomic E-state index is 0.0305. The predicted molar refractivity (Wildman–Crippen MR) is 145 cm³/mol. The number of pyridine rings is 2. The maximum Gasteiger partial charge on any atom is 0.0823 e. The number of nitrogens with zero attached hydrogens (tertiary/aromatic N) is 2. The first-order valence-electron chi connectivity index (χ1n) is 11.0. The van der Waals surface area contributed by atoms with Crippen molar-refractivity contribution in [1.29, 1.82) is 0 Å². The molecule has 3 heterocycles. The van der Waals surface area contributed by atoms with E-state index in [1.165, 1.54) is 63.4 Å². The fourth-order valence-electron chi connectivity index (χ4n) is 5.69. The number of fused-ring (bicyclic) bond motifs is 7. The Morgan fingerprint density at radius 3 is 2.44 bits per heavy atom. The van der Waals surface area contributed by atoms with Gasteiger partial charge in [0.25, 0.3) is 0 Å². The minimum Gasteiger partial charge on any atom is -0.308 e. The van der Waals surface area contributed by atoms with Gasteiger partial charge in [-0.15, -0.1) is 0 Å². The van der Waals surface area contributed by atoms with Crippen LogP contribution in [0, 0.1) is 3.57 Å². The van der Waals surface area contributed by atoms with Crippen molar-refractivity contribution in [1.82, 2.24) is 9.38 Å². The Morgan fingerprint density at radius 2 is 1.59 bits per heavy atom. The summed E-state index contributed by atoms with van der Waals surface area (Å²) >= 11 is 2.42. The van der Waals surface area contributed by atoms with Crippen LogP contribution in [-0.4, -0.2) is 9.38 Å². The molecule has 0 saturated heterocycles. The van der Waals surface area contributed by atoms with E-state index in [2.05, 4.69) is 114 Å². The van der Waals surface area contributed by atoms with Gasteiger partial charge in [-0.1, -0.05) is 57.2 Å². The number of hydrogen-bond donors (Lipinski definition) is 0. The van der Waals surface area contributed by atoms with Gasteiger partial charge in [0.2, 0.25) is 0 Å². The summed E-state index contributed by atoms with van der Waals surface area (Å²) in [6, 6.07) is 24.7. The molecule has 0 bridgehead atoms. The van der Waals surface area contributed by atoms with Gasteiger partial charge in [0.05, 0.1) is 22.1 Å². The molecular weight excluding hydrogens is 503 g/mol. The van der Waals surface area contributed by atoms with Gasteiger partial charge in [0.15, 0.2) is 0 Å². The first-order valence-corrected chi connectivity index (χ1v) is 12.1. The number of aromatic nitrogens is 2. The summed E-state index contributed by atoms with van der Waals surface area (Å²) in [4.78, 5) is 4.96. The minimum atomic E-state index is -0.0305. The molecule has 0 fully saturated rings. The van der Waals surface area contributed by atoms with Crippen LogP contribution in [0.1, 0.15) is 26.3 Å². The van der Waals surface area contributed by atoms with Crippen LogP contribution in [-0.2, 0) is 5.41 Å². The number of hydrogen-bond acceptors (Lipinski definition) is 1. The zero-order chi connectivity index (χ0) is 21.8. The van der Waals surface area contributed by atoms with Crippen LogP contribution in [0.25, 0.3) is 59.8 Å². The van der Waals surface area contributed by atoms with Crippen molar-refractivity contribution in [2.75, 3.05) is 0 Å². The second-order valence-electron chi connectivity index (χ2n) is 9.84. The average Bonchev–Trinajstić information content (AvgIpc) is 3.10. The Hall–Kier alpha value is -2.92. The van der Waals surface area contributed by atoms with Crippen molar-refractivity contribution in [3.63, 3.8) is 0 Å². The number of rotatable bonds is 0. The maximum absolute atomic E-state index is 4.96. The Balaban J connectivity index is 1.96. The van der Waals surface area contributed by atoms with Gasteiger partial charge < -0.3 is 4.40 Å². The van der Waals surface area contributed by atoms with Crippen LogP contribution >= 0.6 is 22.6 Å². The average molecular weight is 524 g/mol. The molecule has 32 heavy (non-hydrogen) atoms. The second-order valence-corrected chi connectivity index (χ2v) is 11.1. The molecule has 0 aliphatic rings. The fraction of sp³-hybridized carbons (Fsp3) is 0.138. The molecule has 154 valence electrons. The third-order valence-corrected chi connectivity index (χ3v) is 7.54. The highest BCUT2D eigenvalue weighted by molar-refractivity contribution is 14.1. The molecular formula is C29H21IN2. The molecule has 3 aromatic heterocycles. The molecule has 0 aliphatic heterocycles. The molecule has 3 heteroatoms. The molecule has 0 amide bonds. The van der Waals surface area contributed by atoms with Crippen molar-refractivity contribution in [2.45, 2.75) is 26.2 Å². The van der Waals surface area contributed by atoms with E-state index in [-0.39, 0.29) is 5.41 Å². The highest BCUT2D eigenvalue weighted by Gasteiger charge is 2.26. The van der Waals surface area contributed by atoms with Gasteiger partial charge in [-0.2, -0.15) is 0 Å². The van der Waals surface area contributed by atoms with E-state index >= 15 is 0 Å².